The second-order valence-electron chi connectivity index (χ2n) is 7.05. The Labute approximate surface area is 185 Å². The second kappa shape index (κ2) is 8.90. The van der Waals surface area contributed by atoms with Crippen molar-refractivity contribution in [2.75, 3.05) is 24.5 Å². The molecule has 1 aliphatic heterocycles. The first-order chi connectivity index (χ1) is 14.5. The highest BCUT2D eigenvalue weighted by atomic mass is 35.5. The number of piperazine rings is 1. The summed E-state index contributed by atoms with van der Waals surface area (Å²) in [5.74, 6) is 1.71. The molecule has 1 saturated heterocycles. The van der Waals surface area contributed by atoms with Gasteiger partial charge in [0.1, 0.15) is 17.9 Å². The predicted molar refractivity (Wildman–Crippen MR) is 118 cm³/mol. The average molecular weight is 443 g/mol. The summed E-state index contributed by atoms with van der Waals surface area (Å²) in [6.07, 6.45) is 1.47. The lowest BCUT2D eigenvalue weighted by molar-refractivity contribution is 0.0673. The standard InChI is InChI=1S/C22H20Cl2N4O2/c1-15-13-27(10-11-28(15)22(29)16-6-8-17(23)9-7-16)20-12-21(26-14-25-20)30-19-5-3-2-4-18(19)24/h2-9,12,14-15H,10-11,13H2,1H3/t15-/m1/s1. The summed E-state index contributed by atoms with van der Waals surface area (Å²) in [6, 6.07) is 16.0. The van der Waals surface area contributed by atoms with Gasteiger partial charge in [0.25, 0.3) is 5.91 Å². The van der Waals surface area contributed by atoms with E-state index in [0.29, 0.717) is 46.9 Å². The molecule has 1 aliphatic rings. The monoisotopic (exact) mass is 442 g/mol. The first kappa shape index (κ1) is 20.4. The van der Waals surface area contributed by atoms with Crippen LogP contribution >= 0.6 is 23.2 Å². The Hall–Kier alpha value is -2.83. The van der Waals surface area contributed by atoms with E-state index in [0.717, 1.165) is 5.82 Å². The second-order valence-corrected chi connectivity index (χ2v) is 7.89. The van der Waals surface area contributed by atoms with Crippen LogP contribution in [0.5, 0.6) is 11.6 Å². The van der Waals surface area contributed by atoms with Crippen LogP contribution in [0.2, 0.25) is 10.0 Å². The summed E-state index contributed by atoms with van der Waals surface area (Å²) in [6.45, 7) is 3.93. The summed E-state index contributed by atoms with van der Waals surface area (Å²) in [7, 11) is 0. The first-order valence-electron chi connectivity index (χ1n) is 9.57. The Morgan fingerprint density at radius 3 is 2.57 bits per heavy atom. The molecule has 6 nitrogen and oxygen atoms in total. The number of hydrogen-bond donors (Lipinski definition) is 0. The number of hydrogen-bond acceptors (Lipinski definition) is 5. The maximum atomic E-state index is 12.9. The fraction of sp³-hybridized carbons (Fsp3) is 0.227. The number of aromatic nitrogens is 2. The summed E-state index contributed by atoms with van der Waals surface area (Å²) in [5, 5.41) is 1.13. The lowest BCUT2D eigenvalue weighted by Gasteiger charge is -2.40. The van der Waals surface area contributed by atoms with Gasteiger partial charge in [-0.2, -0.15) is 0 Å². The van der Waals surface area contributed by atoms with E-state index in [1.165, 1.54) is 6.33 Å². The number of carbonyl (C=O) groups is 1. The third kappa shape index (κ3) is 4.50. The molecule has 0 spiro atoms. The van der Waals surface area contributed by atoms with Crippen LogP contribution in [0.15, 0.2) is 60.9 Å². The van der Waals surface area contributed by atoms with Gasteiger partial charge in [-0.05, 0) is 43.3 Å². The zero-order valence-electron chi connectivity index (χ0n) is 16.3. The maximum absolute atomic E-state index is 12.9. The number of amides is 1. The Balaban J connectivity index is 1.45. The van der Waals surface area contributed by atoms with E-state index in [2.05, 4.69) is 14.9 Å². The Kier molecular flexibility index (Phi) is 6.06. The van der Waals surface area contributed by atoms with Gasteiger partial charge in [-0.15, -0.1) is 0 Å². The van der Waals surface area contributed by atoms with Crippen LogP contribution < -0.4 is 9.64 Å². The van der Waals surface area contributed by atoms with Crippen molar-refractivity contribution >= 4 is 34.9 Å². The number of para-hydroxylation sites is 1. The molecule has 1 fully saturated rings. The first-order valence-corrected chi connectivity index (χ1v) is 10.3. The van der Waals surface area contributed by atoms with Crippen molar-refractivity contribution in [3.63, 3.8) is 0 Å². The fourth-order valence-corrected chi connectivity index (χ4v) is 3.72. The number of benzene rings is 2. The third-order valence-corrected chi connectivity index (χ3v) is 5.55. The van der Waals surface area contributed by atoms with Gasteiger partial charge in [0.05, 0.1) is 5.02 Å². The van der Waals surface area contributed by atoms with Gasteiger partial charge in [-0.25, -0.2) is 9.97 Å². The van der Waals surface area contributed by atoms with Crippen molar-refractivity contribution in [1.82, 2.24) is 14.9 Å². The van der Waals surface area contributed by atoms with Crippen LogP contribution in [0.4, 0.5) is 5.82 Å². The van der Waals surface area contributed by atoms with Gasteiger partial charge in [0.15, 0.2) is 0 Å². The number of halogens is 2. The van der Waals surface area contributed by atoms with Crippen LogP contribution in [0, 0.1) is 0 Å². The third-order valence-electron chi connectivity index (χ3n) is 4.98. The van der Waals surface area contributed by atoms with Crippen LogP contribution in [0.3, 0.4) is 0 Å². The molecule has 0 unspecified atom stereocenters. The molecule has 0 aliphatic carbocycles. The molecular weight excluding hydrogens is 423 g/mol. The molecule has 0 N–H and O–H groups in total. The molecule has 1 amide bonds. The molecule has 1 atom stereocenters. The molecule has 30 heavy (non-hydrogen) atoms. The summed E-state index contributed by atoms with van der Waals surface area (Å²) >= 11 is 12.1. The van der Waals surface area contributed by atoms with Gasteiger partial charge in [0, 0.05) is 42.3 Å². The SMILES string of the molecule is C[C@@H]1CN(c2cc(Oc3ccccc3Cl)ncn2)CCN1C(=O)c1ccc(Cl)cc1. The van der Waals surface area contributed by atoms with E-state index in [4.69, 9.17) is 27.9 Å². The Morgan fingerprint density at radius 1 is 1.07 bits per heavy atom. The van der Waals surface area contributed by atoms with Gasteiger partial charge in [-0.1, -0.05) is 35.3 Å². The number of ether oxygens (including phenoxy) is 1. The minimum Gasteiger partial charge on any atom is -0.437 e. The molecule has 154 valence electrons. The average Bonchev–Trinajstić information content (AvgIpc) is 2.75. The molecule has 0 saturated carbocycles. The zero-order valence-corrected chi connectivity index (χ0v) is 17.8. The summed E-state index contributed by atoms with van der Waals surface area (Å²) in [4.78, 5) is 25.4. The minimum absolute atomic E-state index is 0.00393. The van der Waals surface area contributed by atoms with E-state index in [-0.39, 0.29) is 11.9 Å². The van der Waals surface area contributed by atoms with Gasteiger partial charge in [0.2, 0.25) is 5.88 Å². The molecule has 8 heteroatoms. The summed E-state index contributed by atoms with van der Waals surface area (Å²) in [5.41, 5.74) is 0.636. The quantitative estimate of drug-likeness (QED) is 0.573. The number of anilines is 1. The fourth-order valence-electron chi connectivity index (χ4n) is 3.42. The van der Waals surface area contributed by atoms with Crippen LogP contribution in [-0.2, 0) is 0 Å². The van der Waals surface area contributed by atoms with Crippen molar-refractivity contribution < 1.29 is 9.53 Å². The minimum atomic E-state index is 0.00393. The van der Waals surface area contributed by atoms with Crippen LogP contribution in [0.25, 0.3) is 0 Å². The number of nitrogens with zero attached hydrogens (tertiary/aromatic N) is 4. The highest BCUT2D eigenvalue weighted by Gasteiger charge is 2.29. The number of rotatable bonds is 4. The smallest absolute Gasteiger partial charge is 0.254 e. The Morgan fingerprint density at radius 2 is 1.83 bits per heavy atom. The highest BCUT2D eigenvalue weighted by Crippen LogP contribution is 2.29. The van der Waals surface area contributed by atoms with Crippen LogP contribution in [0.1, 0.15) is 17.3 Å². The van der Waals surface area contributed by atoms with E-state index < -0.39 is 0 Å². The molecule has 3 aromatic rings. The van der Waals surface area contributed by atoms with E-state index in [1.807, 2.05) is 24.0 Å². The highest BCUT2D eigenvalue weighted by molar-refractivity contribution is 6.32. The topological polar surface area (TPSA) is 58.6 Å². The van der Waals surface area contributed by atoms with Gasteiger partial charge >= 0.3 is 0 Å². The van der Waals surface area contributed by atoms with Crippen molar-refractivity contribution in [3.05, 3.63) is 76.5 Å². The molecule has 1 aromatic heterocycles. The lowest BCUT2D eigenvalue weighted by Crippen LogP contribution is -2.54. The van der Waals surface area contributed by atoms with E-state index in [9.17, 15) is 4.79 Å². The number of carbonyl (C=O) groups excluding carboxylic acids is 1. The van der Waals surface area contributed by atoms with Crippen molar-refractivity contribution in [1.29, 1.82) is 0 Å². The van der Waals surface area contributed by atoms with E-state index >= 15 is 0 Å². The van der Waals surface area contributed by atoms with E-state index in [1.54, 1.807) is 42.5 Å². The van der Waals surface area contributed by atoms with Crippen molar-refractivity contribution in [2.45, 2.75) is 13.0 Å². The Bertz CT molecular complexity index is 1050. The largest absolute Gasteiger partial charge is 0.437 e. The molecule has 0 bridgehead atoms. The molecule has 0 radical (unpaired) electrons. The summed E-state index contributed by atoms with van der Waals surface area (Å²) < 4.78 is 5.81. The molecule has 2 heterocycles. The molecule has 4 rings (SSSR count). The van der Waals surface area contributed by atoms with Gasteiger partial charge < -0.3 is 14.5 Å². The van der Waals surface area contributed by atoms with Crippen molar-refractivity contribution in [3.8, 4) is 11.6 Å². The predicted octanol–water partition coefficient (Wildman–Crippen LogP) is 4.93. The van der Waals surface area contributed by atoms with Gasteiger partial charge in [-0.3, -0.25) is 4.79 Å². The molecular formula is C22H20Cl2N4O2. The maximum Gasteiger partial charge on any atom is 0.254 e. The zero-order chi connectivity index (χ0) is 21.1. The molecule has 2 aromatic carbocycles. The lowest BCUT2D eigenvalue weighted by atomic mass is 10.1. The normalized spacial score (nSPS) is 16.4. The van der Waals surface area contributed by atoms with Crippen molar-refractivity contribution in [2.24, 2.45) is 0 Å². The van der Waals surface area contributed by atoms with Crippen LogP contribution in [-0.4, -0.2) is 46.5 Å².